The number of hydrogen-bond acceptors (Lipinski definition) is 3. The van der Waals surface area contributed by atoms with Gasteiger partial charge in [0.1, 0.15) is 0 Å². The van der Waals surface area contributed by atoms with Crippen molar-refractivity contribution in [1.82, 2.24) is 4.90 Å². The van der Waals surface area contributed by atoms with Gasteiger partial charge in [0.2, 0.25) is 0 Å². The number of carbonyl (C=O) groups excluding carboxylic acids is 1. The summed E-state index contributed by atoms with van der Waals surface area (Å²) in [5.74, 6) is -0.980. The zero-order valence-electron chi connectivity index (χ0n) is 11.8. The van der Waals surface area contributed by atoms with E-state index in [0.717, 1.165) is 25.3 Å². The van der Waals surface area contributed by atoms with E-state index >= 15 is 0 Å². The Labute approximate surface area is 121 Å². The van der Waals surface area contributed by atoms with Crippen molar-refractivity contribution in [3.05, 3.63) is 41.0 Å². The summed E-state index contributed by atoms with van der Waals surface area (Å²) in [5, 5.41) is 0. The van der Waals surface area contributed by atoms with Crippen LogP contribution in [0, 0.1) is 0 Å². The Bertz CT molecular complexity index is 579. The fraction of sp³-hybridized carbons (Fsp3) is 0.400. The van der Waals surface area contributed by atoms with E-state index in [2.05, 4.69) is 9.64 Å². The number of hydrogen-bond donors (Lipinski definition) is 0. The van der Waals surface area contributed by atoms with E-state index in [1.165, 1.54) is 6.07 Å². The van der Waals surface area contributed by atoms with E-state index in [9.17, 15) is 18.0 Å². The van der Waals surface area contributed by atoms with Crippen LogP contribution >= 0.6 is 0 Å². The fourth-order valence-corrected chi connectivity index (χ4v) is 2.30. The van der Waals surface area contributed by atoms with Crippen molar-refractivity contribution in [2.24, 2.45) is 0 Å². The highest BCUT2D eigenvalue weighted by molar-refractivity contribution is 5.92. The highest BCUT2D eigenvalue weighted by atomic mass is 19.4. The molecule has 0 fully saturated rings. The minimum Gasteiger partial charge on any atom is -0.465 e. The number of likely N-dealkylation sites (N-methyl/N-ethyl adjacent to an activating group) is 1. The number of alkyl halides is 3. The maximum Gasteiger partial charge on any atom is 0.417 e. The number of nitrogens with zero attached hydrogens (tertiary/aromatic N) is 1. The molecule has 0 amide bonds. The molecule has 0 unspecified atom stereocenters. The first kappa shape index (κ1) is 15.6. The quantitative estimate of drug-likeness (QED) is 0.785. The first-order valence-corrected chi connectivity index (χ1v) is 6.50. The maximum atomic E-state index is 13.1. The van der Waals surface area contributed by atoms with Crippen molar-refractivity contribution in [1.29, 1.82) is 0 Å². The third-order valence-electron chi connectivity index (χ3n) is 3.51. The molecule has 1 aliphatic rings. The minimum absolute atomic E-state index is 0.456. The van der Waals surface area contributed by atoms with Crippen LogP contribution in [-0.4, -0.2) is 38.1 Å². The van der Waals surface area contributed by atoms with E-state index < -0.39 is 23.3 Å². The molecule has 2 rings (SSSR count). The smallest absolute Gasteiger partial charge is 0.417 e. The zero-order chi connectivity index (χ0) is 15.6. The van der Waals surface area contributed by atoms with Gasteiger partial charge >= 0.3 is 12.1 Å². The summed E-state index contributed by atoms with van der Waals surface area (Å²) < 4.78 is 43.8. The third kappa shape index (κ3) is 3.44. The van der Waals surface area contributed by atoms with Gasteiger partial charge in [-0.1, -0.05) is 12.1 Å². The zero-order valence-corrected chi connectivity index (χ0v) is 11.8. The van der Waals surface area contributed by atoms with Crippen LogP contribution in [0.2, 0.25) is 0 Å². The van der Waals surface area contributed by atoms with E-state index in [1.807, 2.05) is 13.1 Å². The predicted octanol–water partition coefficient (Wildman–Crippen LogP) is 3.21. The van der Waals surface area contributed by atoms with Gasteiger partial charge in [0, 0.05) is 13.1 Å². The molecule has 1 aromatic rings. The van der Waals surface area contributed by atoms with Gasteiger partial charge in [0.15, 0.2) is 0 Å². The SMILES string of the molecule is COC(=O)c1ccc(C2=CCN(C)CC2)cc1C(F)(F)F. The molecule has 0 aromatic heterocycles. The van der Waals surface area contributed by atoms with Crippen LogP contribution in [-0.2, 0) is 10.9 Å². The van der Waals surface area contributed by atoms with Crippen molar-refractivity contribution in [3.63, 3.8) is 0 Å². The van der Waals surface area contributed by atoms with E-state index in [4.69, 9.17) is 0 Å². The molecule has 114 valence electrons. The Hall–Kier alpha value is -1.82. The highest BCUT2D eigenvalue weighted by Gasteiger charge is 2.36. The van der Waals surface area contributed by atoms with Crippen LogP contribution in [0.3, 0.4) is 0 Å². The van der Waals surface area contributed by atoms with Crippen molar-refractivity contribution >= 4 is 11.5 Å². The number of benzene rings is 1. The summed E-state index contributed by atoms with van der Waals surface area (Å²) >= 11 is 0. The second-order valence-corrected chi connectivity index (χ2v) is 4.99. The molecule has 1 aromatic carbocycles. The second-order valence-electron chi connectivity index (χ2n) is 4.99. The standard InChI is InChI=1S/C15H16F3NO2/c1-19-7-5-10(6-8-19)11-3-4-12(14(20)21-2)13(9-11)15(16,17)18/h3-5,9H,6-8H2,1-2H3. The molecule has 0 saturated heterocycles. The Morgan fingerprint density at radius 3 is 2.57 bits per heavy atom. The molecule has 0 saturated carbocycles. The van der Waals surface area contributed by atoms with Crippen molar-refractivity contribution in [2.75, 3.05) is 27.2 Å². The van der Waals surface area contributed by atoms with Gasteiger partial charge in [-0.3, -0.25) is 0 Å². The summed E-state index contributed by atoms with van der Waals surface area (Å²) in [4.78, 5) is 13.5. The number of ether oxygens (including phenoxy) is 1. The van der Waals surface area contributed by atoms with Gasteiger partial charge in [0.05, 0.1) is 18.2 Å². The summed E-state index contributed by atoms with van der Waals surface area (Å²) in [6, 6.07) is 3.76. The molecule has 0 aliphatic carbocycles. The van der Waals surface area contributed by atoms with Crippen LogP contribution in [0.4, 0.5) is 13.2 Å². The monoisotopic (exact) mass is 299 g/mol. The van der Waals surface area contributed by atoms with Gasteiger partial charge in [-0.25, -0.2) is 4.79 Å². The topological polar surface area (TPSA) is 29.5 Å². The van der Waals surface area contributed by atoms with Crippen LogP contribution < -0.4 is 0 Å². The predicted molar refractivity (Wildman–Crippen MR) is 72.9 cm³/mol. The lowest BCUT2D eigenvalue weighted by molar-refractivity contribution is -0.138. The average Bonchev–Trinajstić information content (AvgIpc) is 2.46. The molecule has 21 heavy (non-hydrogen) atoms. The Kier molecular flexibility index (Phi) is 4.37. The van der Waals surface area contributed by atoms with Gasteiger partial charge in [-0.15, -0.1) is 0 Å². The van der Waals surface area contributed by atoms with Gasteiger partial charge in [-0.2, -0.15) is 13.2 Å². The lowest BCUT2D eigenvalue weighted by atomic mass is 9.95. The summed E-state index contributed by atoms with van der Waals surface area (Å²) in [5.41, 5.74) is -0.0351. The molecule has 1 aliphatic heterocycles. The number of carbonyl (C=O) groups is 1. The van der Waals surface area contributed by atoms with E-state index in [0.29, 0.717) is 18.5 Å². The van der Waals surface area contributed by atoms with Gasteiger partial charge in [0.25, 0.3) is 0 Å². The minimum atomic E-state index is -4.59. The van der Waals surface area contributed by atoms with Crippen LogP contribution in [0.5, 0.6) is 0 Å². The summed E-state index contributed by atoms with van der Waals surface area (Å²) in [6.45, 7) is 1.50. The molecule has 0 radical (unpaired) electrons. The molecule has 0 bridgehead atoms. The molecule has 6 heteroatoms. The Balaban J connectivity index is 2.45. The molecular formula is C15H16F3NO2. The molecule has 0 N–H and O–H groups in total. The molecule has 0 atom stereocenters. The maximum absolute atomic E-state index is 13.1. The van der Waals surface area contributed by atoms with Crippen molar-refractivity contribution in [3.8, 4) is 0 Å². The van der Waals surface area contributed by atoms with Crippen molar-refractivity contribution < 1.29 is 22.7 Å². The normalized spacial score (nSPS) is 16.5. The Morgan fingerprint density at radius 2 is 2.05 bits per heavy atom. The van der Waals surface area contributed by atoms with E-state index in [1.54, 1.807) is 6.07 Å². The fourth-order valence-electron chi connectivity index (χ4n) is 2.30. The highest BCUT2D eigenvalue weighted by Crippen LogP contribution is 2.35. The molecule has 0 spiro atoms. The van der Waals surface area contributed by atoms with Gasteiger partial charge in [-0.05, 0) is 36.7 Å². The number of halogens is 3. The second kappa shape index (κ2) is 5.89. The lowest BCUT2D eigenvalue weighted by Crippen LogP contribution is -2.24. The first-order chi connectivity index (χ1) is 9.82. The molecular weight excluding hydrogens is 283 g/mol. The lowest BCUT2D eigenvalue weighted by Gasteiger charge is -2.23. The van der Waals surface area contributed by atoms with Crippen LogP contribution in [0.25, 0.3) is 5.57 Å². The van der Waals surface area contributed by atoms with E-state index in [-0.39, 0.29) is 0 Å². The first-order valence-electron chi connectivity index (χ1n) is 6.50. The summed E-state index contributed by atoms with van der Waals surface area (Å²) in [7, 11) is 3.02. The third-order valence-corrected chi connectivity index (χ3v) is 3.51. The average molecular weight is 299 g/mol. The van der Waals surface area contributed by atoms with Crippen LogP contribution in [0.1, 0.15) is 27.9 Å². The van der Waals surface area contributed by atoms with Crippen molar-refractivity contribution in [2.45, 2.75) is 12.6 Å². The number of rotatable bonds is 2. The Morgan fingerprint density at radius 1 is 1.33 bits per heavy atom. The largest absolute Gasteiger partial charge is 0.465 e. The van der Waals surface area contributed by atoms with Crippen LogP contribution in [0.15, 0.2) is 24.3 Å². The number of methoxy groups -OCH3 is 1. The molecule has 3 nitrogen and oxygen atoms in total. The van der Waals surface area contributed by atoms with Gasteiger partial charge < -0.3 is 9.64 Å². The molecule has 1 heterocycles. The number of esters is 1. The summed E-state index contributed by atoms with van der Waals surface area (Å²) in [6.07, 6.45) is -1.99.